The fourth-order valence-corrected chi connectivity index (χ4v) is 2.94. The molecule has 0 radical (unpaired) electrons. The molecule has 18 heavy (non-hydrogen) atoms. The summed E-state index contributed by atoms with van der Waals surface area (Å²) in [5.74, 6) is 1.61. The minimum atomic E-state index is 0.250. The average molecular weight is 252 g/mol. The quantitative estimate of drug-likeness (QED) is 0.750. The molecule has 1 heterocycles. The SMILES string of the molecule is CCC(CC)C(=O)N1CCCN(CC2CC2)CC1. The van der Waals surface area contributed by atoms with Crippen LogP contribution in [0.15, 0.2) is 0 Å². The van der Waals surface area contributed by atoms with Gasteiger partial charge in [-0.25, -0.2) is 0 Å². The Balaban J connectivity index is 1.81. The molecule has 0 unspecified atom stereocenters. The molecule has 0 atom stereocenters. The number of hydrogen-bond acceptors (Lipinski definition) is 2. The van der Waals surface area contributed by atoms with Crippen LogP contribution in [-0.2, 0) is 4.79 Å². The van der Waals surface area contributed by atoms with Crippen LogP contribution in [0.25, 0.3) is 0 Å². The molecule has 0 spiro atoms. The smallest absolute Gasteiger partial charge is 0.225 e. The predicted octanol–water partition coefficient (Wildman–Crippen LogP) is 2.37. The zero-order valence-corrected chi connectivity index (χ0v) is 12.0. The third kappa shape index (κ3) is 3.71. The van der Waals surface area contributed by atoms with E-state index < -0.39 is 0 Å². The van der Waals surface area contributed by atoms with E-state index in [1.807, 2.05) is 0 Å². The van der Waals surface area contributed by atoms with Crippen molar-refractivity contribution in [3.63, 3.8) is 0 Å². The summed E-state index contributed by atoms with van der Waals surface area (Å²) in [5.41, 5.74) is 0. The lowest BCUT2D eigenvalue weighted by atomic mass is 10.0. The van der Waals surface area contributed by atoms with E-state index in [2.05, 4.69) is 23.6 Å². The first-order chi connectivity index (χ1) is 8.74. The highest BCUT2D eigenvalue weighted by molar-refractivity contribution is 5.78. The fourth-order valence-electron chi connectivity index (χ4n) is 2.94. The molecule has 0 aromatic carbocycles. The molecule has 0 aromatic heterocycles. The molecule has 0 bridgehead atoms. The van der Waals surface area contributed by atoms with Crippen LogP contribution < -0.4 is 0 Å². The number of hydrogen-bond donors (Lipinski definition) is 0. The van der Waals surface area contributed by atoms with E-state index in [1.165, 1.54) is 25.9 Å². The standard InChI is InChI=1S/C15H28N2O/c1-3-14(4-2)15(18)17-9-5-8-16(10-11-17)12-13-6-7-13/h13-14H,3-12H2,1-2H3. The van der Waals surface area contributed by atoms with Crippen LogP contribution in [0.4, 0.5) is 0 Å². The molecule has 2 rings (SSSR count). The van der Waals surface area contributed by atoms with Gasteiger partial charge in [0, 0.05) is 32.1 Å². The summed E-state index contributed by atoms with van der Waals surface area (Å²) in [6.07, 6.45) is 5.97. The maximum absolute atomic E-state index is 12.4. The maximum Gasteiger partial charge on any atom is 0.225 e. The van der Waals surface area contributed by atoms with Gasteiger partial charge in [-0.3, -0.25) is 4.79 Å². The predicted molar refractivity (Wildman–Crippen MR) is 74.4 cm³/mol. The van der Waals surface area contributed by atoms with E-state index in [4.69, 9.17) is 0 Å². The molecule has 104 valence electrons. The Morgan fingerprint density at radius 2 is 1.83 bits per heavy atom. The van der Waals surface area contributed by atoms with Gasteiger partial charge >= 0.3 is 0 Å². The Labute approximate surface area is 112 Å². The second-order valence-electron chi connectivity index (χ2n) is 5.94. The summed E-state index contributed by atoms with van der Waals surface area (Å²) in [6, 6.07) is 0. The molecule has 2 fully saturated rings. The van der Waals surface area contributed by atoms with E-state index >= 15 is 0 Å². The van der Waals surface area contributed by atoms with Crippen LogP contribution in [0.2, 0.25) is 0 Å². The first-order valence-electron chi connectivity index (χ1n) is 7.75. The normalized spacial score (nSPS) is 22.3. The molecule has 2 aliphatic rings. The second-order valence-corrected chi connectivity index (χ2v) is 5.94. The van der Waals surface area contributed by atoms with Crippen molar-refractivity contribution in [2.45, 2.75) is 46.0 Å². The third-order valence-corrected chi connectivity index (χ3v) is 4.45. The van der Waals surface area contributed by atoms with Gasteiger partial charge in [-0.05, 0) is 44.6 Å². The molecule has 1 aliphatic heterocycles. The van der Waals surface area contributed by atoms with E-state index in [-0.39, 0.29) is 5.92 Å². The number of carbonyl (C=O) groups excluding carboxylic acids is 1. The van der Waals surface area contributed by atoms with Crippen LogP contribution in [0.3, 0.4) is 0 Å². The summed E-state index contributed by atoms with van der Waals surface area (Å²) >= 11 is 0. The minimum Gasteiger partial charge on any atom is -0.341 e. The average Bonchev–Trinajstić information content (AvgIpc) is 3.18. The molecular weight excluding hydrogens is 224 g/mol. The number of rotatable bonds is 5. The summed E-state index contributed by atoms with van der Waals surface area (Å²) in [6.45, 7) is 9.71. The largest absolute Gasteiger partial charge is 0.341 e. The molecular formula is C15H28N2O. The summed E-state index contributed by atoms with van der Waals surface area (Å²) in [4.78, 5) is 17.0. The topological polar surface area (TPSA) is 23.6 Å². The summed E-state index contributed by atoms with van der Waals surface area (Å²) in [5, 5.41) is 0. The Kier molecular flexibility index (Phi) is 5.04. The van der Waals surface area contributed by atoms with Crippen molar-refractivity contribution in [3.8, 4) is 0 Å². The van der Waals surface area contributed by atoms with Gasteiger partial charge in [0.2, 0.25) is 5.91 Å². The van der Waals surface area contributed by atoms with Gasteiger partial charge in [0.1, 0.15) is 0 Å². The van der Waals surface area contributed by atoms with Gasteiger partial charge in [-0.2, -0.15) is 0 Å². The van der Waals surface area contributed by atoms with Gasteiger partial charge in [0.15, 0.2) is 0 Å². The molecule has 3 heteroatoms. The van der Waals surface area contributed by atoms with Crippen molar-refractivity contribution in [2.24, 2.45) is 11.8 Å². The van der Waals surface area contributed by atoms with Crippen LogP contribution in [0.1, 0.15) is 46.0 Å². The van der Waals surface area contributed by atoms with Gasteiger partial charge in [-0.15, -0.1) is 0 Å². The van der Waals surface area contributed by atoms with Crippen LogP contribution in [0, 0.1) is 11.8 Å². The van der Waals surface area contributed by atoms with Crippen molar-refractivity contribution in [1.82, 2.24) is 9.80 Å². The van der Waals surface area contributed by atoms with Gasteiger partial charge in [-0.1, -0.05) is 13.8 Å². The van der Waals surface area contributed by atoms with Crippen LogP contribution in [-0.4, -0.2) is 48.4 Å². The fraction of sp³-hybridized carbons (Fsp3) is 0.933. The number of carbonyl (C=O) groups is 1. The van der Waals surface area contributed by atoms with Crippen molar-refractivity contribution in [3.05, 3.63) is 0 Å². The first-order valence-corrected chi connectivity index (χ1v) is 7.75. The zero-order chi connectivity index (χ0) is 13.0. The molecule has 0 N–H and O–H groups in total. The summed E-state index contributed by atoms with van der Waals surface area (Å²) < 4.78 is 0. The summed E-state index contributed by atoms with van der Waals surface area (Å²) in [7, 11) is 0. The zero-order valence-electron chi connectivity index (χ0n) is 12.0. The Morgan fingerprint density at radius 3 is 2.44 bits per heavy atom. The highest BCUT2D eigenvalue weighted by atomic mass is 16.2. The Hall–Kier alpha value is -0.570. The van der Waals surface area contributed by atoms with E-state index in [1.54, 1.807) is 0 Å². The Bertz CT molecular complexity index is 272. The minimum absolute atomic E-state index is 0.250. The lowest BCUT2D eigenvalue weighted by Gasteiger charge is -2.25. The van der Waals surface area contributed by atoms with Gasteiger partial charge in [0.05, 0.1) is 0 Å². The lowest BCUT2D eigenvalue weighted by Crippen LogP contribution is -2.39. The number of nitrogens with zero attached hydrogens (tertiary/aromatic N) is 2. The van der Waals surface area contributed by atoms with E-state index in [0.29, 0.717) is 5.91 Å². The molecule has 0 aromatic rings. The molecule has 3 nitrogen and oxygen atoms in total. The van der Waals surface area contributed by atoms with Crippen molar-refractivity contribution >= 4 is 5.91 Å². The van der Waals surface area contributed by atoms with Crippen LogP contribution >= 0.6 is 0 Å². The van der Waals surface area contributed by atoms with Crippen molar-refractivity contribution in [2.75, 3.05) is 32.7 Å². The highest BCUT2D eigenvalue weighted by Crippen LogP contribution is 2.30. The van der Waals surface area contributed by atoms with E-state index in [9.17, 15) is 4.79 Å². The Morgan fingerprint density at radius 1 is 1.11 bits per heavy atom. The maximum atomic E-state index is 12.4. The highest BCUT2D eigenvalue weighted by Gasteiger charge is 2.27. The molecule has 1 amide bonds. The molecule has 1 saturated carbocycles. The van der Waals surface area contributed by atoms with Crippen LogP contribution in [0.5, 0.6) is 0 Å². The van der Waals surface area contributed by atoms with Crippen molar-refractivity contribution in [1.29, 1.82) is 0 Å². The third-order valence-electron chi connectivity index (χ3n) is 4.45. The van der Waals surface area contributed by atoms with Gasteiger partial charge in [0.25, 0.3) is 0 Å². The monoisotopic (exact) mass is 252 g/mol. The van der Waals surface area contributed by atoms with Crippen molar-refractivity contribution < 1.29 is 4.79 Å². The van der Waals surface area contributed by atoms with Gasteiger partial charge < -0.3 is 9.80 Å². The second kappa shape index (κ2) is 6.55. The number of amides is 1. The first kappa shape index (κ1) is 13.9. The molecule has 1 aliphatic carbocycles. The lowest BCUT2D eigenvalue weighted by molar-refractivity contribution is -0.135. The van der Waals surface area contributed by atoms with E-state index in [0.717, 1.165) is 44.8 Å². The molecule has 1 saturated heterocycles.